The van der Waals surface area contributed by atoms with Gasteiger partial charge in [-0.15, -0.1) is 0 Å². The molecule has 3 heterocycles. The average molecular weight is 406 g/mol. The molecule has 0 radical (unpaired) electrons. The van der Waals surface area contributed by atoms with E-state index in [0.29, 0.717) is 31.0 Å². The summed E-state index contributed by atoms with van der Waals surface area (Å²) < 4.78 is 0. The Bertz CT molecular complexity index is 965. The number of allylic oxidation sites excluding steroid dienone is 1. The molecule has 1 aromatic rings. The predicted molar refractivity (Wildman–Crippen MR) is 116 cm³/mol. The maximum Gasteiger partial charge on any atom is 0.242 e. The van der Waals surface area contributed by atoms with Crippen LogP contribution in [0.4, 0.5) is 0 Å². The number of aliphatic imine (C=N–C) groups is 2. The SMILES string of the molecule is CCC1=CC(=CNC=O)C(N2C(C)C(=O)NC3=NCC(c4ccccc4)C32)C(N)=N1. The number of rotatable bonds is 5. The number of carbonyl (C=O) groups excluding carboxylic acids is 2. The average Bonchev–Trinajstić information content (AvgIpc) is 3.17. The zero-order valence-electron chi connectivity index (χ0n) is 17.1. The first kappa shape index (κ1) is 20.0. The number of amides is 2. The van der Waals surface area contributed by atoms with E-state index >= 15 is 0 Å². The normalized spacial score (nSPS) is 30.1. The van der Waals surface area contributed by atoms with Crippen LogP contribution in [0.5, 0.6) is 0 Å². The van der Waals surface area contributed by atoms with Crippen molar-refractivity contribution in [3.05, 3.63) is 59.4 Å². The van der Waals surface area contributed by atoms with Crippen LogP contribution < -0.4 is 16.4 Å². The minimum Gasteiger partial charge on any atom is -0.386 e. The summed E-state index contributed by atoms with van der Waals surface area (Å²) in [5.41, 5.74) is 9.23. The zero-order chi connectivity index (χ0) is 21.3. The number of nitrogens with one attached hydrogen (secondary N) is 2. The molecule has 1 saturated heterocycles. The van der Waals surface area contributed by atoms with Crippen LogP contribution >= 0.6 is 0 Å². The first-order valence-corrected chi connectivity index (χ1v) is 10.2. The molecule has 1 fully saturated rings. The number of amidine groups is 2. The third kappa shape index (κ3) is 3.43. The fourth-order valence-electron chi connectivity index (χ4n) is 4.48. The van der Waals surface area contributed by atoms with E-state index in [-0.39, 0.29) is 17.9 Å². The van der Waals surface area contributed by atoms with Crippen molar-refractivity contribution >= 4 is 24.0 Å². The highest BCUT2D eigenvalue weighted by atomic mass is 16.2. The molecular weight excluding hydrogens is 380 g/mol. The lowest BCUT2D eigenvalue weighted by molar-refractivity contribution is -0.126. The topological polar surface area (TPSA) is 112 Å². The van der Waals surface area contributed by atoms with E-state index in [1.807, 2.05) is 38.1 Å². The fourth-order valence-corrected chi connectivity index (χ4v) is 4.48. The standard InChI is InChI=1S/C22H26N6O2/c1-3-16-9-15(10-24-12-29)18(20(23)26-16)28-13(2)22(30)27-21-19(28)17(11-25-21)14-7-5-4-6-8-14/h4-10,12-13,17-19H,3,11H2,1-2H3,(H2,23,26)(H,24,29)(H,25,27,30). The summed E-state index contributed by atoms with van der Waals surface area (Å²) in [5.74, 6) is 1.02. The number of piperazine rings is 1. The summed E-state index contributed by atoms with van der Waals surface area (Å²) in [4.78, 5) is 35.0. The van der Waals surface area contributed by atoms with Crippen LogP contribution in [0, 0.1) is 0 Å². The lowest BCUT2D eigenvalue weighted by Crippen LogP contribution is -2.67. The van der Waals surface area contributed by atoms with Crippen LogP contribution in [0.3, 0.4) is 0 Å². The molecule has 4 atom stereocenters. The third-order valence-corrected chi connectivity index (χ3v) is 5.93. The molecule has 2 amide bonds. The quantitative estimate of drug-likeness (QED) is 0.634. The predicted octanol–water partition coefficient (Wildman–Crippen LogP) is 1.03. The van der Waals surface area contributed by atoms with Crippen molar-refractivity contribution in [2.75, 3.05) is 6.54 Å². The summed E-state index contributed by atoms with van der Waals surface area (Å²) in [6.07, 6.45) is 4.90. The monoisotopic (exact) mass is 406 g/mol. The van der Waals surface area contributed by atoms with Gasteiger partial charge in [-0.3, -0.25) is 19.5 Å². The van der Waals surface area contributed by atoms with Gasteiger partial charge in [0.2, 0.25) is 12.3 Å². The zero-order valence-corrected chi connectivity index (χ0v) is 17.1. The first-order chi connectivity index (χ1) is 14.5. The molecule has 4 rings (SSSR count). The molecule has 0 bridgehead atoms. The Morgan fingerprint density at radius 1 is 1.33 bits per heavy atom. The molecule has 0 aliphatic carbocycles. The largest absolute Gasteiger partial charge is 0.386 e. The Kier molecular flexibility index (Phi) is 5.50. The maximum atomic E-state index is 12.8. The van der Waals surface area contributed by atoms with Crippen molar-refractivity contribution in [2.24, 2.45) is 15.7 Å². The summed E-state index contributed by atoms with van der Waals surface area (Å²) in [6.45, 7) is 4.44. The number of nitrogens with two attached hydrogens (primary N) is 1. The Labute approximate surface area is 175 Å². The molecule has 4 N–H and O–H groups in total. The summed E-state index contributed by atoms with van der Waals surface area (Å²) >= 11 is 0. The van der Waals surface area contributed by atoms with Gasteiger partial charge in [0.1, 0.15) is 11.7 Å². The Hall–Kier alpha value is -3.26. The second-order valence-corrected chi connectivity index (χ2v) is 7.66. The van der Waals surface area contributed by atoms with Gasteiger partial charge in [-0.2, -0.15) is 0 Å². The molecule has 156 valence electrons. The Morgan fingerprint density at radius 3 is 2.80 bits per heavy atom. The number of hydrogen-bond acceptors (Lipinski definition) is 6. The lowest BCUT2D eigenvalue weighted by Gasteiger charge is -2.46. The van der Waals surface area contributed by atoms with Gasteiger partial charge in [0.25, 0.3) is 0 Å². The fraction of sp³-hybridized carbons (Fsp3) is 0.364. The van der Waals surface area contributed by atoms with Crippen molar-refractivity contribution in [1.82, 2.24) is 15.5 Å². The van der Waals surface area contributed by atoms with Crippen LogP contribution in [-0.2, 0) is 9.59 Å². The van der Waals surface area contributed by atoms with E-state index in [2.05, 4.69) is 37.7 Å². The minimum absolute atomic E-state index is 0.0777. The van der Waals surface area contributed by atoms with E-state index in [1.54, 1.807) is 6.20 Å². The van der Waals surface area contributed by atoms with Crippen molar-refractivity contribution in [1.29, 1.82) is 0 Å². The van der Waals surface area contributed by atoms with Gasteiger partial charge in [0.15, 0.2) is 0 Å². The van der Waals surface area contributed by atoms with Crippen molar-refractivity contribution in [3.63, 3.8) is 0 Å². The van der Waals surface area contributed by atoms with Gasteiger partial charge in [0.05, 0.1) is 18.1 Å². The van der Waals surface area contributed by atoms with E-state index in [9.17, 15) is 9.59 Å². The molecular formula is C22H26N6O2. The molecule has 8 heteroatoms. The van der Waals surface area contributed by atoms with Gasteiger partial charge in [-0.25, -0.2) is 4.99 Å². The molecule has 3 aliphatic heterocycles. The number of nitrogens with zero attached hydrogens (tertiary/aromatic N) is 3. The highest BCUT2D eigenvalue weighted by Crippen LogP contribution is 2.36. The van der Waals surface area contributed by atoms with Crippen molar-refractivity contribution in [2.45, 2.75) is 44.3 Å². The van der Waals surface area contributed by atoms with Crippen LogP contribution in [-0.4, -0.2) is 53.6 Å². The maximum absolute atomic E-state index is 12.8. The van der Waals surface area contributed by atoms with Crippen molar-refractivity contribution < 1.29 is 9.59 Å². The second-order valence-electron chi connectivity index (χ2n) is 7.66. The van der Waals surface area contributed by atoms with Gasteiger partial charge >= 0.3 is 0 Å². The molecule has 30 heavy (non-hydrogen) atoms. The number of hydrogen-bond donors (Lipinski definition) is 3. The molecule has 4 unspecified atom stereocenters. The smallest absolute Gasteiger partial charge is 0.242 e. The molecule has 8 nitrogen and oxygen atoms in total. The molecule has 0 aromatic heterocycles. The summed E-state index contributed by atoms with van der Waals surface area (Å²) in [6, 6.07) is 9.11. The molecule has 0 saturated carbocycles. The summed E-state index contributed by atoms with van der Waals surface area (Å²) in [7, 11) is 0. The van der Waals surface area contributed by atoms with E-state index < -0.39 is 12.1 Å². The van der Waals surface area contributed by atoms with Crippen LogP contribution in [0.25, 0.3) is 0 Å². The van der Waals surface area contributed by atoms with Gasteiger partial charge in [-0.1, -0.05) is 37.3 Å². The molecule has 0 spiro atoms. The first-order valence-electron chi connectivity index (χ1n) is 10.2. The van der Waals surface area contributed by atoms with E-state index in [1.165, 1.54) is 0 Å². The van der Waals surface area contributed by atoms with Crippen molar-refractivity contribution in [3.8, 4) is 0 Å². The minimum atomic E-state index is -0.451. The number of fused-ring (bicyclic) bond motifs is 1. The third-order valence-electron chi connectivity index (χ3n) is 5.93. The number of carbonyl (C=O) groups is 2. The highest BCUT2D eigenvalue weighted by molar-refractivity contribution is 6.07. The summed E-state index contributed by atoms with van der Waals surface area (Å²) in [5, 5.41) is 5.60. The van der Waals surface area contributed by atoms with Crippen LogP contribution in [0.1, 0.15) is 31.7 Å². The molecule has 1 aromatic carbocycles. The number of benzene rings is 1. The Balaban J connectivity index is 1.79. The second kappa shape index (κ2) is 8.23. The van der Waals surface area contributed by atoms with Gasteiger partial charge in [-0.05, 0) is 30.6 Å². The van der Waals surface area contributed by atoms with E-state index in [0.717, 1.165) is 16.8 Å². The van der Waals surface area contributed by atoms with E-state index in [4.69, 9.17) is 5.73 Å². The lowest BCUT2D eigenvalue weighted by atomic mass is 9.86. The Morgan fingerprint density at radius 2 is 2.10 bits per heavy atom. The molecule has 3 aliphatic rings. The highest BCUT2D eigenvalue weighted by Gasteiger charge is 2.49. The van der Waals surface area contributed by atoms with Gasteiger partial charge in [0, 0.05) is 24.4 Å². The van der Waals surface area contributed by atoms with Crippen LogP contribution in [0.15, 0.2) is 63.9 Å². The van der Waals surface area contributed by atoms with Crippen LogP contribution in [0.2, 0.25) is 0 Å². The van der Waals surface area contributed by atoms with Gasteiger partial charge < -0.3 is 16.4 Å².